The number of esters is 1. The van der Waals surface area contributed by atoms with Gasteiger partial charge in [-0.25, -0.2) is 9.59 Å². The molecule has 2 atom stereocenters. The second-order valence-electron chi connectivity index (χ2n) is 17.4. The Hall–Kier alpha value is -7.69. The summed E-state index contributed by atoms with van der Waals surface area (Å²) >= 11 is 6.85. The van der Waals surface area contributed by atoms with Crippen LogP contribution in [0.2, 0.25) is 5.02 Å². The van der Waals surface area contributed by atoms with Crippen molar-refractivity contribution in [2.45, 2.75) is 49.7 Å². The van der Waals surface area contributed by atoms with Gasteiger partial charge in [0.1, 0.15) is 13.2 Å². The van der Waals surface area contributed by atoms with Gasteiger partial charge in [0.05, 0.1) is 12.5 Å². The molecule has 0 fully saturated rings. The van der Waals surface area contributed by atoms with E-state index in [2.05, 4.69) is 40.2 Å². The SMILES string of the molecule is Cc1ccc(C(OC(=O)CCNC(=O)CC[C@H](CNC(=O)OCC2c3ccccc3-c3ccccc32)NC(=O)OCC2c3ccccc3-c3ccccc32)(c2ccccc2)c2ccccc2Cl)cc1. The van der Waals surface area contributed by atoms with Crippen LogP contribution in [0.4, 0.5) is 9.59 Å². The molecule has 0 heterocycles. The van der Waals surface area contributed by atoms with Gasteiger partial charge in [-0.3, -0.25) is 9.59 Å². The number of carbonyl (C=O) groups is 4. The highest BCUT2D eigenvalue weighted by molar-refractivity contribution is 6.31. The first-order valence-electron chi connectivity index (χ1n) is 23.3. The maximum Gasteiger partial charge on any atom is 0.407 e. The Kier molecular flexibility index (Phi) is 14.2. The summed E-state index contributed by atoms with van der Waals surface area (Å²) in [6, 6.07) is 56.1. The molecule has 0 radical (unpaired) electrons. The Labute approximate surface area is 407 Å². The number of nitrogens with one attached hydrogen (secondary N) is 3. The highest BCUT2D eigenvalue weighted by atomic mass is 35.5. The van der Waals surface area contributed by atoms with Gasteiger partial charge in [0.15, 0.2) is 5.60 Å². The lowest BCUT2D eigenvalue weighted by molar-refractivity contribution is -0.153. The number of alkyl carbamates (subject to hydrolysis) is 2. The fourth-order valence-corrected chi connectivity index (χ4v) is 9.93. The van der Waals surface area contributed by atoms with Crippen molar-refractivity contribution < 1.29 is 33.4 Å². The van der Waals surface area contributed by atoms with Gasteiger partial charge < -0.3 is 30.2 Å². The third-order valence-corrected chi connectivity index (χ3v) is 13.4. The average Bonchev–Trinajstić information content (AvgIpc) is 3.88. The van der Waals surface area contributed by atoms with E-state index in [4.69, 9.17) is 25.8 Å². The van der Waals surface area contributed by atoms with E-state index in [-0.39, 0.29) is 63.3 Å². The number of amides is 3. The Bertz CT molecular complexity index is 2890. The molecular formula is C58H52ClN3O7. The lowest BCUT2D eigenvalue weighted by Crippen LogP contribution is -2.45. The van der Waals surface area contributed by atoms with E-state index in [1.807, 2.05) is 153 Å². The molecule has 348 valence electrons. The molecule has 3 N–H and O–H groups in total. The van der Waals surface area contributed by atoms with Gasteiger partial charge in [-0.1, -0.05) is 187 Å². The van der Waals surface area contributed by atoms with E-state index in [0.29, 0.717) is 21.7 Å². The predicted molar refractivity (Wildman–Crippen MR) is 267 cm³/mol. The first-order chi connectivity index (χ1) is 33.7. The number of fused-ring (bicyclic) bond motifs is 6. The summed E-state index contributed by atoms with van der Waals surface area (Å²) in [5.74, 6) is -1.20. The minimum atomic E-state index is -1.38. The topological polar surface area (TPSA) is 132 Å². The standard InChI is InChI=1S/C58H52ClN3O7/c1-38-27-29-40(30-28-38)58(39-15-3-2-4-16-39,52-25-13-14-26-53(52)59)69-55(64)33-34-60-54(63)32-31-41(62-57(66)68-37-51-48-23-11-7-19-44(48)45-20-8-12-24-49(45)51)35-61-56(65)67-36-50-46-21-9-5-17-42(46)43-18-6-10-22-47(43)50/h2-30,41,50-51H,31-37H2,1H3,(H,60,63)(H,61,65)(H,62,66)/t41-,58?/m1/s1. The van der Waals surface area contributed by atoms with Crippen LogP contribution in [0.5, 0.6) is 0 Å². The Morgan fingerprint density at radius 2 is 1.03 bits per heavy atom. The van der Waals surface area contributed by atoms with Crippen molar-refractivity contribution in [2.24, 2.45) is 0 Å². The molecule has 0 saturated heterocycles. The molecule has 7 aromatic rings. The molecule has 2 aliphatic carbocycles. The van der Waals surface area contributed by atoms with E-state index in [1.54, 1.807) is 6.07 Å². The summed E-state index contributed by atoms with van der Waals surface area (Å²) in [5, 5.41) is 8.95. The molecule has 0 aromatic heterocycles. The van der Waals surface area contributed by atoms with E-state index < -0.39 is 29.8 Å². The second kappa shape index (κ2) is 21.1. The van der Waals surface area contributed by atoms with E-state index in [0.717, 1.165) is 50.1 Å². The van der Waals surface area contributed by atoms with Crippen molar-refractivity contribution in [1.82, 2.24) is 16.0 Å². The lowest BCUT2D eigenvalue weighted by atomic mass is 9.79. The van der Waals surface area contributed by atoms with Gasteiger partial charge >= 0.3 is 18.2 Å². The minimum absolute atomic E-state index is 0.0125. The number of rotatable bonds is 17. The summed E-state index contributed by atoms with van der Waals surface area (Å²) < 4.78 is 18.1. The summed E-state index contributed by atoms with van der Waals surface area (Å²) in [6.07, 6.45) is -1.38. The minimum Gasteiger partial charge on any atom is -0.449 e. The molecule has 2 aliphatic rings. The van der Waals surface area contributed by atoms with Crippen LogP contribution >= 0.6 is 11.6 Å². The molecule has 0 aliphatic heterocycles. The fraction of sp³-hybridized carbons (Fsp3) is 0.207. The van der Waals surface area contributed by atoms with Crippen LogP contribution in [-0.4, -0.2) is 56.4 Å². The second-order valence-corrected chi connectivity index (χ2v) is 17.8. The normalized spacial score (nSPS) is 13.7. The van der Waals surface area contributed by atoms with E-state index in [9.17, 15) is 19.2 Å². The zero-order valence-corrected chi connectivity index (χ0v) is 38.9. The van der Waals surface area contributed by atoms with Gasteiger partial charge in [-0.05, 0) is 63.9 Å². The molecule has 0 saturated carbocycles. The molecule has 1 unspecified atom stereocenters. The van der Waals surface area contributed by atoms with Crippen LogP contribution in [0, 0.1) is 6.92 Å². The Morgan fingerprint density at radius 1 is 0.551 bits per heavy atom. The maximum atomic E-state index is 13.9. The lowest BCUT2D eigenvalue weighted by Gasteiger charge is -2.36. The maximum absolute atomic E-state index is 13.9. The van der Waals surface area contributed by atoms with Crippen molar-refractivity contribution in [3.05, 3.63) is 225 Å². The molecule has 3 amide bonds. The summed E-state index contributed by atoms with van der Waals surface area (Å²) in [4.78, 5) is 54.1. The number of halogens is 1. The van der Waals surface area contributed by atoms with Crippen LogP contribution in [0.3, 0.4) is 0 Å². The Balaban J connectivity index is 0.840. The van der Waals surface area contributed by atoms with Crippen molar-refractivity contribution in [3.63, 3.8) is 0 Å². The van der Waals surface area contributed by atoms with Gasteiger partial charge in [-0.2, -0.15) is 0 Å². The number of hydrogen-bond acceptors (Lipinski definition) is 7. The van der Waals surface area contributed by atoms with Crippen molar-refractivity contribution in [3.8, 4) is 22.3 Å². The summed E-state index contributed by atoms with van der Waals surface area (Å²) in [5.41, 5.74) is 10.4. The van der Waals surface area contributed by atoms with Crippen molar-refractivity contribution >= 4 is 35.7 Å². The predicted octanol–water partition coefficient (Wildman–Crippen LogP) is 11.2. The molecular weight excluding hydrogens is 886 g/mol. The van der Waals surface area contributed by atoms with Crippen LogP contribution in [0.1, 0.15) is 75.6 Å². The zero-order valence-electron chi connectivity index (χ0n) is 38.2. The zero-order chi connectivity index (χ0) is 47.7. The van der Waals surface area contributed by atoms with Crippen molar-refractivity contribution in [1.29, 1.82) is 0 Å². The number of carbonyl (C=O) groups excluding carboxylic acids is 4. The summed E-state index contributed by atoms with van der Waals surface area (Å²) in [7, 11) is 0. The quantitative estimate of drug-likeness (QED) is 0.0471. The van der Waals surface area contributed by atoms with Gasteiger partial charge in [0.2, 0.25) is 5.91 Å². The first kappa shape index (κ1) is 46.4. The fourth-order valence-electron chi connectivity index (χ4n) is 9.67. The highest BCUT2D eigenvalue weighted by Crippen LogP contribution is 2.47. The summed E-state index contributed by atoms with van der Waals surface area (Å²) in [6.45, 7) is 2.14. The van der Waals surface area contributed by atoms with Crippen molar-refractivity contribution in [2.75, 3.05) is 26.3 Å². The van der Waals surface area contributed by atoms with E-state index in [1.165, 1.54) is 0 Å². The Morgan fingerprint density at radius 3 is 1.58 bits per heavy atom. The third kappa shape index (κ3) is 10.1. The molecule has 9 rings (SSSR count). The molecule has 0 spiro atoms. The van der Waals surface area contributed by atoms with Gasteiger partial charge in [0.25, 0.3) is 0 Å². The average molecular weight is 939 g/mol. The molecule has 10 nitrogen and oxygen atoms in total. The van der Waals surface area contributed by atoms with E-state index >= 15 is 0 Å². The van der Waals surface area contributed by atoms with Gasteiger partial charge in [-0.15, -0.1) is 0 Å². The van der Waals surface area contributed by atoms with Crippen LogP contribution in [-0.2, 0) is 29.4 Å². The van der Waals surface area contributed by atoms with Crippen LogP contribution < -0.4 is 16.0 Å². The first-order valence-corrected chi connectivity index (χ1v) is 23.6. The van der Waals surface area contributed by atoms with Crippen LogP contribution in [0.25, 0.3) is 22.3 Å². The molecule has 69 heavy (non-hydrogen) atoms. The number of aryl methyl sites for hydroxylation is 1. The largest absolute Gasteiger partial charge is 0.449 e. The smallest absolute Gasteiger partial charge is 0.407 e. The van der Waals surface area contributed by atoms with Gasteiger partial charge in [0, 0.05) is 53.1 Å². The monoisotopic (exact) mass is 937 g/mol. The highest BCUT2D eigenvalue weighted by Gasteiger charge is 2.42. The molecule has 0 bridgehead atoms. The number of ether oxygens (including phenoxy) is 3. The third-order valence-electron chi connectivity index (χ3n) is 13.0. The number of hydrogen-bond donors (Lipinski definition) is 3. The molecule has 11 heteroatoms. The number of benzene rings is 7. The molecule has 7 aromatic carbocycles. The van der Waals surface area contributed by atoms with Crippen LogP contribution in [0.15, 0.2) is 176 Å².